The van der Waals surface area contributed by atoms with Crippen molar-refractivity contribution in [1.82, 2.24) is 5.32 Å². The molecule has 36 heavy (non-hydrogen) atoms. The van der Waals surface area contributed by atoms with Crippen LogP contribution in [-0.2, 0) is 14.3 Å². The molecule has 1 aliphatic carbocycles. The number of methoxy groups -OCH3 is 1. The minimum Gasteiger partial charge on any atom is -0.497 e. The van der Waals surface area contributed by atoms with Crippen molar-refractivity contribution < 1.29 is 28.5 Å². The average molecular weight is 554 g/mol. The third-order valence-electron chi connectivity index (χ3n) is 6.80. The molecule has 2 aromatic carbocycles. The van der Waals surface area contributed by atoms with Gasteiger partial charge in [0.05, 0.1) is 24.7 Å². The SMILES string of the molecule is COc1ccc(C2C=C3NC(C)=C(C(=O)OC(C)C)C(c4cc5c(cc4Br)OCO5)C3C(=O)C2)cc1. The highest BCUT2D eigenvalue weighted by molar-refractivity contribution is 9.10. The molecule has 0 saturated heterocycles. The van der Waals surface area contributed by atoms with Crippen molar-refractivity contribution in [1.29, 1.82) is 0 Å². The van der Waals surface area contributed by atoms with Crippen LogP contribution in [0.5, 0.6) is 17.2 Å². The van der Waals surface area contributed by atoms with Crippen LogP contribution in [0.25, 0.3) is 0 Å². The summed E-state index contributed by atoms with van der Waals surface area (Å²) in [5.41, 5.74) is 3.72. The van der Waals surface area contributed by atoms with Gasteiger partial charge in [-0.2, -0.15) is 0 Å². The zero-order valence-electron chi connectivity index (χ0n) is 20.6. The summed E-state index contributed by atoms with van der Waals surface area (Å²) in [4.78, 5) is 27.2. The Hall–Kier alpha value is -3.26. The number of hydrogen-bond donors (Lipinski definition) is 1. The number of fused-ring (bicyclic) bond motifs is 2. The topological polar surface area (TPSA) is 83.1 Å². The molecule has 8 heteroatoms. The lowest BCUT2D eigenvalue weighted by atomic mass is 9.68. The number of Topliss-reactive ketones (excluding diaryl/α,β-unsaturated/α-hetero) is 1. The summed E-state index contributed by atoms with van der Waals surface area (Å²) >= 11 is 3.66. The van der Waals surface area contributed by atoms with Gasteiger partial charge in [-0.3, -0.25) is 4.79 Å². The van der Waals surface area contributed by atoms with Gasteiger partial charge >= 0.3 is 5.97 Å². The highest BCUT2D eigenvalue weighted by Gasteiger charge is 2.46. The maximum atomic E-state index is 13.8. The monoisotopic (exact) mass is 553 g/mol. The Morgan fingerprint density at radius 1 is 1.11 bits per heavy atom. The summed E-state index contributed by atoms with van der Waals surface area (Å²) < 4.78 is 22.8. The summed E-state index contributed by atoms with van der Waals surface area (Å²) in [6.07, 6.45) is 2.14. The zero-order valence-corrected chi connectivity index (χ0v) is 22.2. The van der Waals surface area contributed by atoms with E-state index < -0.39 is 17.8 Å². The van der Waals surface area contributed by atoms with Crippen molar-refractivity contribution in [2.75, 3.05) is 13.9 Å². The van der Waals surface area contributed by atoms with Crippen molar-refractivity contribution in [3.05, 3.63) is 75.0 Å². The molecule has 0 spiro atoms. The molecule has 188 valence electrons. The van der Waals surface area contributed by atoms with Crippen molar-refractivity contribution in [3.8, 4) is 17.2 Å². The van der Waals surface area contributed by atoms with Crippen LogP contribution in [0, 0.1) is 5.92 Å². The number of esters is 1. The standard InChI is InChI=1S/C28H28BrNO6/c1-14(2)36-28(32)25-15(3)30-21-9-17(16-5-7-18(33-4)8-6-16)10-22(31)27(21)26(25)19-11-23-24(12-20(19)29)35-13-34-23/h5-9,11-12,14,17,26-27,30H,10,13H2,1-4H3. The molecule has 2 heterocycles. The van der Waals surface area contributed by atoms with Crippen LogP contribution in [0.3, 0.4) is 0 Å². The molecule has 3 unspecified atom stereocenters. The van der Waals surface area contributed by atoms with E-state index >= 15 is 0 Å². The van der Waals surface area contributed by atoms with Gasteiger partial charge in [0.15, 0.2) is 11.5 Å². The summed E-state index contributed by atoms with van der Waals surface area (Å²) in [6, 6.07) is 11.5. The lowest BCUT2D eigenvalue weighted by molar-refractivity contribution is -0.143. The summed E-state index contributed by atoms with van der Waals surface area (Å²) in [5, 5.41) is 3.37. The first-order valence-corrected chi connectivity index (χ1v) is 12.7. The number of rotatable bonds is 5. The molecule has 0 aromatic heterocycles. The molecule has 0 amide bonds. The minimum absolute atomic E-state index is 0.0535. The predicted molar refractivity (Wildman–Crippen MR) is 137 cm³/mol. The third-order valence-corrected chi connectivity index (χ3v) is 7.48. The van der Waals surface area contributed by atoms with E-state index in [-0.39, 0.29) is 24.6 Å². The Labute approximate surface area is 218 Å². The van der Waals surface area contributed by atoms with Gasteiger partial charge < -0.3 is 24.3 Å². The molecular weight excluding hydrogens is 526 g/mol. The van der Waals surface area contributed by atoms with Crippen LogP contribution in [0.15, 0.2) is 63.9 Å². The second-order valence-electron chi connectivity index (χ2n) is 9.47. The molecule has 0 fully saturated rings. The minimum atomic E-state index is -0.561. The fourth-order valence-electron chi connectivity index (χ4n) is 5.19. The molecule has 5 rings (SSSR count). The molecule has 0 saturated carbocycles. The highest BCUT2D eigenvalue weighted by Crippen LogP contribution is 2.50. The Balaban J connectivity index is 1.62. The van der Waals surface area contributed by atoms with E-state index in [1.165, 1.54) is 0 Å². The Morgan fingerprint density at radius 3 is 2.47 bits per heavy atom. The van der Waals surface area contributed by atoms with Crippen LogP contribution in [-0.4, -0.2) is 31.8 Å². The number of carbonyl (C=O) groups excluding carboxylic acids is 2. The number of hydrogen-bond acceptors (Lipinski definition) is 7. The number of carbonyl (C=O) groups is 2. The number of ketones is 1. The van der Waals surface area contributed by atoms with E-state index in [0.29, 0.717) is 29.2 Å². The predicted octanol–water partition coefficient (Wildman–Crippen LogP) is 5.36. The van der Waals surface area contributed by atoms with Crippen LogP contribution < -0.4 is 19.5 Å². The smallest absolute Gasteiger partial charge is 0.336 e. The number of allylic oxidation sites excluding steroid dienone is 3. The third kappa shape index (κ3) is 4.39. The van der Waals surface area contributed by atoms with Gasteiger partial charge in [-0.25, -0.2) is 4.79 Å². The van der Waals surface area contributed by atoms with E-state index in [2.05, 4.69) is 27.3 Å². The zero-order chi connectivity index (χ0) is 25.6. The summed E-state index contributed by atoms with van der Waals surface area (Å²) in [7, 11) is 1.63. The molecule has 3 aliphatic rings. The van der Waals surface area contributed by atoms with Gasteiger partial charge in [0, 0.05) is 34.1 Å². The fourth-order valence-corrected chi connectivity index (χ4v) is 5.76. The second kappa shape index (κ2) is 9.65. The van der Waals surface area contributed by atoms with E-state index in [1.807, 2.05) is 57.2 Å². The molecule has 0 radical (unpaired) electrons. The molecule has 2 aliphatic heterocycles. The molecule has 3 atom stereocenters. The molecule has 1 N–H and O–H groups in total. The molecule has 7 nitrogen and oxygen atoms in total. The van der Waals surface area contributed by atoms with E-state index in [0.717, 1.165) is 27.0 Å². The number of benzene rings is 2. The molecule has 2 aromatic rings. The first-order valence-electron chi connectivity index (χ1n) is 11.9. The van der Waals surface area contributed by atoms with Crippen LogP contribution in [0.4, 0.5) is 0 Å². The lowest BCUT2D eigenvalue weighted by Crippen LogP contribution is -2.42. The van der Waals surface area contributed by atoms with E-state index in [4.69, 9.17) is 18.9 Å². The average Bonchev–Trinajstić information content (AvgIpc) is 3.29. The van der Waals surface area contributed by atoms with Gasteiger partial charge in [0.1, 0.15) is 11.5 Å². The van der Waals surface area contributed by atoms with Gasteiger partial charge in [0.2, 0.25) is 6.79 Å². The fraction of sp³-hybridized carbons (Fsp3) is 0.357. The van der Waals surface area contributed by atoms with Gasteiger partial charge in [-0.1, -0.05) is 34.1 Å². The Morgan fingerprint density at radius 2 is 1.81 bits per heavy atom. The second-order valence-corrected chi connectivity index (χ2v) is 10.3. The number of nitrogens with one attached hydrogen (secondary N) is 1. The Kier molecular flexibility index (Phi) is 6.55. The number of ether oxygens (including phenoxy) is 4. The maximum Gasteiger partial charge on any atom is 0.336 e. The lowest BCUT2D eigenvalue weighted by Gasteiger charge is -2.40. The van der Waals surface area contributed by atoms with Crippen molar-refractivity contribution in [3.63, 3.8) is 0 Å². The van der Waals surface area contributed by atoms with Crippen molar-refractivity contribution in [2.45, 2.75) is 45.1 Å². The summed E-state index contributed by atoms with van der Waals surface area (Å²) in [5.74, 6) is 0.405. The van der Waals surface area contributed by atoms with Gasteiger partial charge in [-0.05, 0) is 56.2 Å². The van der Waals surface area contributed by atoms with E-state index in [1.54, 1.807) is 7.11 Å². The molecule has 0 bridgehead atoms. The van der Waals surface area contributed by atoms with Crippen molar-refractivity contribution in [2.24, 2.45) is 5.92 Å². The maximum absolute atomic E-state index is 13.8. The van der Waals surface area contributed by atoms with Gasteiger partial charge in [0.25, 0.3) is 0 Å². The Bertz CT molecular complexity index is 1280. The van der Waals surface area contributed by atoms with Crippen LogP contribution >= 0.6 is 15.9 Å². The highest BCUT2D eigenvalue weighted by atomic mass is 79.9. The van der Waals surface area contributed by atoms with Crippen molar-refractivity contribution >= 4 is 27.7 Å². The first kappa shape index (κ1) is 24.4. The largest absolute Gasteiger partial charge is 0.497 e. The van der Waals surface area contributed by atoms with Crippen LogP contribution in [0.1, 0.15) is 50.2 Å². The van der Waals surface area contributed by atoms with Crippen LogP contribution in [0.2, 0.25) is 0 Å². The summed E-state index contributed by atoms with van der Waals surface area (Å²) in [6.45, 7) is 5.60. The normalized spacial score (nSPS) is 22.7. The number of halogens is 1. The van der Waals surface area contributed by atoms with E-state index in [9.17, 15) is 9.59 Å². The molecular formula is C28H28BrNO6. The van der Waals surface area contributed by atoms with Gasteiger partial charge in [-0.15, -0.1) is 0 Å². The first-order chi connectivity index (χ1) is 17.3. The quantitative estimate of drug-likeness (QED) is 0.499.